The lowest BCUT2D eigenvalue weighted by Gasteiger charge is -2.48. The van der Waals surface area contributed by atoms with E-state index in [1.165, 1.54) is 36.6 Å². The molecule has 2 aromatic rings. The summed E-state index contributed by atoms with van der Waals surface area (Å²) in [5.41, 5.74) is 1.76. The Hall–Kier alpha value is -2.55. The van der Waals surface area contributed by atoms with Crippen LogP contribution in [0.5, 0.6) is 11.5 Å². The first kappa shape index (κ1) is 27.0. The number of nitrogens with zero attached hydrogens (tertiary/aromatic N) is 2. The number of nitrogens with one attached hydrogen (secondary N) is 2. The van der Waals surface area contributed by atoms with Crippen LogP contribution in [0.25, 0.3) is 0 Å². The monoisotopic (exact) mass is 544 g/mol. The Morgan fingerprint density at radius 3 is 2.50 bits per heavy atom. The van der Waals surface area contributed by atoms with Crippen molar-refractivity contribution >= 4 is 23.3 Å². The third-order valence-corrected chi connectivity index (χ3v) is 9.22. The number of ether oxygens (including phenoxy) is 2. The average molecular weight is 545 g/mol. The molecule has 2 saturated heterocycles. The van der Waals surface area contributed by atoms with E-state index in [9.17, 15) is 9.18 Å². The van der Waals surface area contributed by atoms with Crippen LogP contribution in [0.4, 0.5) is 14.9 Å². The Bertz CT molecular complexity index is 1160. The number of rotatable bonds is 6. The van der Waals surface area contributed by atoms with Crippen LogP contribution in [0.3, 0.4) is 0 Å². The quantitative estimate of drug-likeness (QED) is 0.518. The van der Waals surface area contributed by atoms with E-state index in [1.807, 2.05) is 6.07 Å². The molecule has 0 spiro atoms. The number of piperidine rings is 1. The van der Waals surface area contributed by atoms with Crippen molar-refractivity contribution in [2.45, 2.75) is 62.1 Å². The number of benzene rings is 2. The van der Waals surface area contributed by atoms with Gasteiger partial charge in [-0.15, -0.1) is 0 Å². The number of methoxy groups -OCH3 is 2. The number of carbonyl (C=O) groups excluding carboxylic acids is 1. The number of amides is 2. The highest BCUT2D eigenvalue weighted by Crippen LogP contribution is 2.51. The summed E-state index contributed by atoms with van der Waals surface area (Å²) >= 11 is 5.89. The number of hydrogen-bond acceptors (Lipinski definition) is 5. The molecule has 0 aromatic heterocycles. The first-order valence-electron chi connectivity index (χ1n) is 13.5. The predicted octanol–water partition coefficient (Wildman–Crippen LogP) is 5.28. The van der Waals surface area contributed by atoms with Crippen molar-refractivity contribution in [3.05, 3.63) is 52.8 Å². The number of fused-ring (bicyclic) bond motifs is 1. The van der Waals surface area contributed by atoms with Crippen molar-refractivity contribution in [1.82, 2.24) is 15.1 Å². The summed E-state index contributed by atoms with van der Waals surface area (Å²) in [5.74, 6) is 0.988. The molecule has 5 rings (SSSR count). The molecule has 206 valence electrons. The van der Waals surface area contributed by atoms with Gasteiger partial charge in [0.15, 0.2) is 11.5 Å². The molecule has 7 nitrogen and oxygen atoms in total. The first-order valence-corrected chi connectivity index (χ1v) is 13.9. The zero-order chi connectivity index (χ0) is 26.9. The molecule has 3 atom stereocenters. The van der Waals surface area contributed by atoms with Crippen molar-refractivity contribution in [3.8, 4) is 11.5 Å². The average Bonchev–Trinajstić information content (AvgIpc) is 3.30. The SMILES string of the molecule is COc1ccc([C@@]23CC[C@H](NC(=O)Nc4ccc(F)c(Cl)c4)C[C@H]2N(C2CCN(C)CC2)CC3)cc1OC. The molecular weight excluding hydrogens is 507 g/mol. The van der Waals surface area contributed by atoms with E-state index in [0.29, 0.717) is 17.8 Å². The standard InChI is InChI=1S/C29H38ClFN4O3/c1-34-13-9-22(10-14-34)35-15-12-29(19-4-7-25(37-2)26(16-19)38-3)11-8-21(18-27(29)35)33-28(36)32-20-5-6-24(31)23(30)17-20/h4-7,16-17,21-22,27H,8-15,18H2,1-3H3,(H2,32,33,36)/t21-,27+,29-/m0/s1. The van der Waals surface area contributed by atoms with E-state index in [2.05, 4.69) is 39.6 Å². The molecule has 2 aromatic carbocycles. The fraction of sp³-hybridized carbons (Fsp3) is 0.552. The molecule has 9 heteroatoms. The normalized spacial score (nSPS) is 26.6. The maximum Gasteiger partial charge on any atom is 0.319 e. The Balaban J connectivity index is 1.37. The second-order valence-corrected chi connectivity index (χ2v) is 11.4. The molecule has 0 radical (unpaired) electrons. The van der Waals surface area contributed by atoms with Crippen LogP contribution >= 0.6 is 11.6 Å². The zero-order valence-electron chi connectivity index (χ0n) is 22.4. The number of likely N-dealkylation sites (tertiary alicyclic amines) is 2. The molecule has 0 bridgehead atoms. The predicted molar refractivity (Wildman–Crippen MR) is 148 cm³/mol. The highest BCUT2D eigenvalue weighted by Gasteiger charge is 2.53. The third kappa shape index (κ3) is 5.31. The van der Waals surface area contributed by atoms with Gasteiger partial charge in [0.05, 0.1) is 19.2 Å². The van der Waals surface area contributed by atoms with Gasteiger partial charge >= 0.3 is 6.03 Å². The summed E-state index contributed by atoms with van der Waals surface area (Å²) in [6, 6.07) is 11.2. The molecular formula is C29H38ClFN4O3. The van der Waals surface area contributed by atoms with Crippen molar-refractivity contribution < 1.29 is 18.7 Å². The minimum absolute atomic E-state index is 0.00202. The first-order chi connectivity index (χ1) is 18.3. The largest absolute Gasteiger partial charge is 0.493 e. The molecule has 2 heterocycles. The van der Waals surface area contributed by atoms with E-state index >= 15 is 0 Å². The highest BCUT2D eigenvalue weighted by atomic mass is 35.5. The number of anilines is 1. The van der Waals surface area contributed by atoms with Crippen LogP contribution in [0.2, 0.25) is 5.02 Å². The highest BCUT2D eigenvalue weighted by molar-refractivity contribution is 6.31. The number of carbonyl (C=O) groups is 1. The van der Waals surface area contributed by atoms with Gasteiger partial charge in [0.2, 0.25) is 0 Å². The van der Waals surface area contributed by atoms with Gasteiger partial charge in [0.25, 0.3) is 0 Å². The van der Waals surface area contributed by atoms with Gasteiger partial charge in [-0.05, 0) is 101 Å². The van der Waals surface area contributed by atoms with E-state index < -0.39 is 5.82 Å². The van der Waals surface area contributed by atoms with Crippen LogP contribution in [0, 0.1) is 5.82 Å². The van der Waals surface area contributed by atoms with E-state index in [4.69, 9.17) is 21.1 Å². The van der Waals surface area contributed by atoms with Gasteiger partial charge in [-0.3, -0.25) is 4.90 Å². The lowest BCUT2D eigenvalue weighted by Crippen LogP contribution is -2.56. The minimum atomic E-state index is -0.508. The van der Waals surface area contributed by atoms with Crippen LogP contribution in [0.1, 0.15) is 44.1 Å². The topological polar surface area (TPSA) is 66.1 Å². The maximum atomic E-state index is 13.5. The lowest BCUT2D eigenvalue weighted by atomic mass is 9.65. The third-order valence-electron chi connectivity index (χ3n) is 8.93. The Labute approximate surface area is 229 Å². The van der Waals surface area contributed by atoms with Crippen molar-refractivity contribution in [3.63, 3.8) is 0 Å². The molecule has 2 aliphatic heterocycles. The summed E-state index contributed by atoms with van der Waals surface area (Å²) in [4.78, 5) is 18.0. The fourth-order valence-corrected chi connectivity index (χ4v) is 7.07. The Morgan fingerprint density at radius 2 is 1.79 bits per heavy atom. The van der Waals surface area contributed by atoms with E-state index in [1.54, 1.807) is 14.2 Å². The molecule has 38 heavy (non-hydrogen) atoms. The maximum absolute atomic E-state index is 13.5. The number of urea groups is 1. The van der Waals surface area contributed by atoms with Gasteiger partial charge in [-0.1, -0.05) is 17.7 Å². The van der Waals surface area contributed by atoms with E-state index in [0.717, 1.165) is 56.8 Å². The van der Waals surface area contributed by atoms with Crippen molar-refractivity contribution in [1.29, 1.82) is 0 Å². The van der Waals surface area contributed by atoms with Crippen molar-refractivity contribution in [2.75, 3.05) is 46.2 Å². The van der Waals surface area contributed by atoms with Gasteiger partial charge in [0, 0.05) is 29.2 Å². The smallest absolute Gasteiger partial charge is 0.319 e. The van der Waals surface area contributed by atoms with Gasteiger partial charge in [0.1, 0.15) is 5.82 Å². The molecule has 1 aliphatic carbocycles. The van der Waals surface area contributed by atoms with Crippen LogP contribution in [-0.4, -0.2) is 74.9 Å². The second-order valence-electron chi connectivity index (χ2n) is 11.0. The number of hydrogen-bond donors (Lipinski definition) is 2. The molecule has 3 fully saturated rings. The summed E-state index contributed by atoms with van der Waals surface area (Å²) in [6.07, 6.45) is 6.15. The van der Waals surface area contributed by atoms with Gasteiger partial charge in [-0.2, -0.15) is 0 Å². The molecule has 3 aliphatic rings. The van der Waals surface area contributed by atoms with Crippen molar-refractivity contribution in [2.24, 2.45) is 0 Å². The Morgan fingerprint density at radius 1 is 1.03 bits per heavy atom. The second kappa shape index (κ2) is 11.3. The van der Waals surface area contributed by atoms with Crippen LogP contribution < -0.4 is 20.1 Å². The zero-order valence-corrected chi connectivity index (χ0v) is 23.2. The molecule has 0 unspecified atom stereocenters. The summed E-state index contributed by atoms with van der Waals surface area (Å²) < 4.78 is 24.7. The number of halogens is 2. The van der Waals surface area contributed by atoms with Crippen LogP contribution in [0.15, 0.2) is 36.4 Å². The van der Waals surface area contributed by atoms with Crippen LogP contribution in [-0.2, 0) is 5.41 Å². The lowest BCUT2D eigenvalue weighted by molar-refractivity contribution is 0.0673. The van der Waals surface area contributed by atoms with Gasteiger partial charge in [-0.25, -0.2) is 9.18 Å². The van der Waals surface area contributed by atoms with E-state index in [-0.39, 0.29) is 22.5 Å². The molecule has 2 N–H and O–H groups in total. The van der Waals surface area contributed by atoms with Gasteiger partial charge < -0.3 is 25.0 Å². The summed E-state index contributed by atoms with van der Waals surface area (Å²) in [5, 5.41) is 5.99. The Kier molecular flexibility index (Phi) is 8.03. The summed E-state index contributed by atoms with van der Waals surface area (Å²) in [6.45, 7) is 3.28. The minimum Gasteiger partial charge on any atom is -0.493 e. The molecule has 2 amide bonds. The summed E-state index contributed by atoms with van der Waals surface area (Å²) in [7, 11) is 5.55. The molecule has 1 saturated carbocycles. The fourth-order valence-electron chi connectivity index (χ4n) is 6.89.